The van der Waals surface area contributed by atoms with Crippen LogP contribution in [-0.2, 0) is 9.59 Å². The van der Waals surface area contributed by atoms with E-state index in [0.29, 0.717) is 0 Å². The number of hydrogen-bond acceptors (Lipinski definition) is 4. The van der Waals surface area contributed by atoms with Crippen LogP contribution in [0.25, 0.3) is 0 Å². The van der Waals surface area contributed by atoms with Gasteiger partial charge in [-0.2, -0.15) is 0 Å². The first-order valence-electron chi connectivity index (χ1n) is 7.56. The maximum atomic E-state index is 12.4. The summed E-state index contributed by atoms with van der Waals surface area (Å²) in [7, 11) is 0. The molecule has 1 heterocycles. The zero-order valence-corrected chi connectivity index (χ0v) is 13.8. The van der Waals surface area contributed by atoms with Crippen LogP contribution in [0.5, 0.6) is 0 Å². The van der Waals surface area contributed by atoms with Crippen LogP contribution in [0.1, 0.15) is 6.42 Å². The fourth-order valence-electron chi connectivity index (χ4n) is 2.72. The second-order valence-corrected chi connectivity index (χ2v) is 6.06. The van der Waals surface area contributed by atoms with Gasteiger partial charge in [0, 0.05) is 30.4 Å². The highest BCUT2D eigenvalue weighted by atomic mass is 35.5. The van der Waals surface area contributed by atoms with Crippen molar-refractivity contribution in [1.82, 2.24) is 0 Å². The van der Waals surface area contributed by atoms with Crippen LogP contribution in [0.4, 0.5) is 17.1 Å². The summed E-state index contributed by atoms with van der Waals surface area (Å²) < 4.78 is 0. The quantitative estimate of drug-likeness (QED) is 0.670. The summed E-state index contributed by atoms with van der Waals surface area (Å²) in [5.41, 5.74) is 0.726. The largest absolute Gasteiger partial charge is 0.326 e. The van der Waals surface area contributed by atoms with Crippen molar-refractivity contribution in [2.75, 3.05) is 16.8 Å². The van der Waals surface area contributed by atoms with Gasteiger partial charge < -0.3 is 10.2 Å². The molecule has 25 heavy (non-hydrogen) atoms. The van der Waals surface area contributed by atoms with Crippen LogP contribution in [0.3, 0.4) is 0 Å². The molecule has 1 saturated heterocycles. The molecule has 0 unspecified atom stereocenters. The lowest BCUT2D eigenvalue weighted by Gasteiger charge is -2.16. The molecule has 8 heteroatoms. The van der Waals surface area contributed by atoms with Gasteiger partial charge in [0.05, 0.1) is 10.8 Å². The van der Waals surface area contributed by atoms with Crippen molar-refractivity contribution in [1.29, 1.82) is 0 Å². The van der Waals surface area contributed by atoms with Gasteiger partial charge in [0.1, 0.15) is 5.02 Å². The number of hydrogen-bond donors (Lipinski definition) is 1. The average Bonchev–Trinajstić information content (AvgIpc) is 2.99. The van der Waals surface area contributed by atoms with Gasteiger partial charge >= 0.3 is 0 Å². The standard InChI is InChI=1S/C17H14ClN3O4/c18-14-7-6-12(9-15(14)21(24)25)19-17(23)11-8-16(22)20(10-11)13-4-2-1-3-5-13/h1-7,9,11H,8,10H2,(H,19,23)/t11-/m0/s1. The van der Waals surface area contributed by atoms with Crippen LogP contribution >= 0.6 is 11.6 Å². The Morgan fingerprint density at radius 2 is 1.96 bits per heavy atom. The third-order valence-electron chi connectivity index (χ3n) is 3.97. The molecule has 128 valence electrons. The SMILES string of the molecule is O=C(Nc1ccc(Cl)c([N+](=O)[O-])c1)[C@H]1CC(=O)N(c2ccccc2)C1. The molecule has 2 aromatic rings. The molecule has 0 aromatic heterocycles. The molecular weight excluding hydrogens is 346 g/mol. The van der Waals surface area contributed by atoms with Crippen LogP contribution < -0.4 is 10.2 Å². The minimum Gasteiger partial charge on any atom is -0.326 e. The predicted molar refractivity (Wildman–Crippen MR) is 93.6 cm³/mol. The Morgan fingerprint density at radius 3 is 2.64 bits per heavy atom. The second kappa shape index (κ2) is 6.90. The Kier molecular flexibility index (Phi) is 4.67. The topological polar surface area (TPSA) is 92.5 Å². The first kappa shape index (κ1) is 16.9. The van der Waals surface area contributed by atoms with E-state index in [4.69, 9.17) is 11.6 Å². The van der Waals surface area contributed by atoms with E-state index in [1.165, 1.54) is 18.2 Å². The third kappa shape index (κ3) is 3.61. The normalized spacial score (nSPS) is 16.8. The Labute approximate surface area is 148 Å². The molecule has 0 bridgehead atoms. The number of benzene rings is 2. The van der Waals surface area contributed by atoms with Crippen molar-refractivity contribution in [2.45, 2.75) is 6.42 Å². The number of nitrogens with one attached hydrogen (secondary N) is 1. The molecule has 7 nitrogen and oxygen atoms in total. The van der Waals surface area contributed by atoms with Gasteiger partial charge in [-0.05, 0) is 24.3 Å². The van der Waals surface area contributed by atoms with E-state index in [0.717, 1.165) is 5.69 Å². The molecule has 1 fully saturated rings. The summed E-state index contributed by atoms with van der Waals surface area (Å²) in [6.45, 7) is 0.268. The number of nitro benzene ring substituents is 1. The van der Waals surface area contributed by atoms with Gasteiger partial charge in [0.2, 0.25) is 11.8 Å². The minimum absolute atomic E-state index is 0.00528. The Morgan fingerprint density at radius 1 is 1.24 bits per heavy atom. The van der Waals surface area contributed by atoms with E-state index in [1.807, 2.05) is 18.2 Å². The van der Waals surface area contributed by atoms with E-state index in [2.05, 4.69) is 5.32 Å². The van der Waals surface area contributed by atoms with E-state index in [1.54, 1.807) is 17.0 Å². The van der Waals surface area contributed by atoms with Gasteiger partial charge in [0.25, 0.3) is 5.69 Å². The molecular formula is C17H14ClN3O4. The number of amides is 2. The van der Waals surface area contributed by atoms with Crippen molar-refractivity contribution in [2.24, 2.45) is 5.92 Å². The van der Waals surface area contributed by atoms with Crippen molar-refractivity contribution in [3.8, 4) is 0 Å². The fraction of sp³-hybridized carbons (Fsp3) is 0.176. The highest BCUT2D eigenvalue weighted by molar-refractivity contribution is 6.32. The second-order valence-electron chi connectivity index (χ2n) is 5.65. The molecule has 0 saturated carbocycles. The summed E-state index contributed by atoms with van der Waals surface area (Å²) in [4.78, 5) is 36.4. The van der Waals surface area contributed by atoms with E-state index in [9.17, 15) is 19.7 Å². The van der Waals surface area contributed by atoms with Crippen LogP contribution in [0, 0.1) is 16.0 Å². The number of carbonyl (C=O) groups excluding carboxylic acids is 2. The maximum Gasteiger partial charge on any atom is 0.289 e. The van der Waals surface area contributed by atoms with Crippen LogP contribution in [0.15, 0.2) is 48.5 Å². The molecule has 0 aliphatic carbocycles. The number of para-hydroxylation sites is 1. The molecule has 1 aliphatic rings. The van der Waals surface area contributed by atoms with Crippen molar-refractivity contribution in [3.05, 3.63) is 63.7 Å². The monoisotopic (exact) mass is 359 g/mol. The summed E-state index contributed by atoms with van der Waals surface area (Å²) in [5.74, 6) is -1.01. The van der Waals surface area contributed by atoms with E-state index >= 15 is 0 Å². The van der Waals surface area contributed by atoms with Gasteiger partial charge in [-0.15, -0.1) is 0 Å². The highest BCUT2D eigenvalue weighted by Crippen LogP contribution is 2.29. The van der Waals surface area contributed by atoms with Gasteiger partial charge in [-0.25, -0.2) is 0 Å². The molecule has 0 radical (unpaired) electrons. The molecule has 2 aromatic carbocycles. The zero-order chi connectivity index (χ0) is 18.0. The summed E-state index contributed by atoms with van der Waals surface area (Å²) in [6, 6.07) is 13.1. The zero-order valence-electron chi connectivity index (χ0n) is 13.0. The summed E-state index contributed by atoms with van der Waals surface area (Å²) in [5, 5.41) is 13.5. The van der Waals surface area contributed by atoms with E-state index in [-0.39, 0.29) is 41.2 Å². The van der Waals surface area contributed by atoms with Crippen molar-refractivity contribution < 1.29 is 14.5 Å². The Bertz CT molecular complexity index is 841. The predicted octanol–water partition coefficient (Wildman–Crippen LogP) is 3.24. The molecule has 3 rings (SSSR count). The number of nitro groups is 1. The lowest BCUT2D eigenvalue weighted by Crippen LogP contribution is -2.28. The smallest absolute Gasteiger partial charge is 0.289 e. The number of rotatable bonds is 4. The number of halogens is 1. The van der Waals surface area contributed by atoms with Crippen molar-refractivity contribution in [3.63, 3.8) is 0 Å². The highest BCUT2D eigenvalue weighted by Gasteiger charge is 2.35. The molecule has 0 spiro atoms. The number of anilines is 2. The van der Waals surface area contributed by atoms with Crippen molar-refractivity contribution >= 4 is 40.5 Å². The molecule has 1 N–H and O–H groups in total. The molecule has 1 atom stereocenters. The third-order valence-corrected chi connectivity index (χ3v) is 4.29. The first-order chi connectivity index (χ1) is 12.0. The summed E-state index contributed by atoms with van der Waals surface area (Å²) >= 11 is 5.76. The van der Waals surface area contributed by atoms with Crippen LogP contribution in [0.2, 0.25) is 5.02 Å². The van der Waals surface area contributed by atoms with Gasteiger partial charge in [-0.1, -0.05) is 29.8 Å². The minimum atomic E-state index is -0.617. The number of carbonyl (C=O) groups is 2. The molecule has 1 aliphatic heterocycles. The van der Waals surface area contributed by atoms with E-state index < -0.39 is 10.8 Å². The fourth-order valence-corrected chi connectivity index (χ4v) is 2.90. The first-order valence-corrected chi connectivity index (χ1v) is 7.93. The van der Waals surface area contributed by atoms with Gasteiger partial charge in [0.15, 0.2) is 0 Å². The summed E-state index contributed by atoms with van der Waals surface area (Å²) in [6.07, 6.45) is 0.0937. The Hall–Kier alpha value is -2.93. The number of nitrogens with zero attached hydrogens (tertiary/aromatic N) is 2. The van der Waals surface area contributed by atoms with Crippen LogP contribution in [-0.4, -0.2) is 23.3 Å². The Balaban J connectivity index is 1.71. The van der Waals surface area contributed by atoms with Gasteiger partial charge in [-0.3, -0.25) is 19.7 Å². The maximum absolute atomic E-state index is 12.4. The lowest BCUT2D eigenvalue weighted by molar-refractivity contribution is -0.384. The molecule has 2 amide bonds. The lowest BCUT2D eigenvalue weighted by atomic mass is 10.1. The average molecular weight is 360 g/mol.